The van der Waals surface area contributed by atoms with Gasteiger partial charge in [0.05, 0.1) is 31.1 Å². The first kappa shape index (κ1) is 52.0. The number of carbonyl (C=O) groups is 5. The number of hydrogen-bond acceptors (Lipinski definition) is 12. The van der Waals surface area contributed by atoms with E-state index in [1.54, 1.807) is 52.1 Å². The summed E-state index contributed by atoms with van der Waals surface area (Å²) in [5.74, 6) is -1.10. The fraction of sp³-hybridized carbons (Fsp3) is 0.681. The number of hydrogen-bond donors (Lipinski definition) is 2. The number of carbonyl (C=O) groups excluding carboxylic acids is 5. The van der Waals surface area contributed by atoms with Crippen LogP contribution in [0.4, 0.5) is 10.5 Å². The van der Waals surface area contributed by atoms with Crippen molar-refractivity contribution < 1.29 is 52.8 Å². The van der Waals surface area contributed by atoms with E-state index < -0.39 is 65.7 Å². The molecular weight excluding hydrogens is 850 g/mol. The number of aliphatic hydroxyl groups is 1. The van der Waals surface area contributed by atoms with Crippen LogP contribution in [0.5, 0.6) is 5.75 Å². The summed E-state index contributed by atoms with van der Waals surface area (Å²) in [5, 5.41) is 14.6. The van der Waals surface area contributed by atoms with Gasteiger partial charge in [-0.2, -0.15) is 0 Å². The molecule has 0 aromatic heterocycles. The van der Waals surface area contributed by atoms with E-state index in [1.165, 1.54) is 42.8 Å². The van der Waals surface area contributed by atoms with Gasteiger partial charge in [-0.3, -0.25) is 19.7 Å². The molecule has 8 atom stereocenters. The van der Waals surface area contributed by atoms with E-state index in [-0.39, 0.29) is 46.1 Å². The summed E-state index contributed by atoms with van der Waals surface area (Å²) in [7, 11) is 6.03. The van der Waals surface area contributed by atoms with Crippen molar-refractivity contribution in [1.82, 2.24) is 10.2 Å². The molecule has 0 saturated carbocycles. The van der Waals surface area contributed by atoms with Gasteiger partial charge in [-0.1, -0.05) is 76.9 Å². The van der Waals surface area contributed by atoms with Crippen LogP contribution in [0.15, 0.2) is 35.9 Å². The standard InChI is InChI=1S/C47H70ClN3O11S/c1-28-16-14-18-36(59-13)47(57)26-35(60-43(56)49-47)29(2)41-46(9,62-41)37(25-39(54)51(11)33-23-31(22-28)24-34(58-12)40(33)48)61-42(55)30(3)50(10)38(53)19-21-45(7,8)63-27-32(52)17-15-20-44(4,5)6/h14,16,18,23-24,29-30,35-37,41,57H,15,17,19-22,25-27H2,1-13H3,(H,49,56)/b18-14+,28-16+/t29-,30+,35+,36-,37+,41+,46+,47+/m1/s1. The highest BCUT2D eigenvalue weighted by atomic mass is 35.5. The summed E-state index contributed by atoms with van der Waals surface area (Å²) in [6.07, 6.45) is 3.75. The molecule has 0 aliphatic carbocycles. The fourth-order valence-electron chi connectivity index (χ4n) is 8.04. The van der Waals surface area contributed by atoms with Gasteiger partial charge in [-0.25, -0.2) is 9.59 Å². The number of nitrogens with zero attached hydrogens (tertiary/aromatic N) is 2. The van der Waals surface area contributed by atoms with Crippen molar-refractivity contribution in [2.45, 2.75) is 160 Å². The summed E-state index contributed by atoms with van der Waals surface area (Å²) in [4.78, 5) is 70.2. The Morgan fingerprint density at radius 2 is 1.81 bits per heavy atom. The number of epoxide rings is 1. The summed E-state index contributed by atoms with van der Waals surface area (Å²) < 4.78 is 29.1. The van der Waals surface area contributed by atoms with Crippen LogP contribution < -0.4 is 15.0 Å². The molecule has 1 aromatic carbocycles. The number of anilines is 1. The highest BCUT2D eigenvalue weighted by Gasteiger charge is 2.64. The third-order valence-corrected chi connectivity index (χ3v) is 14.3. The second kappa shape index (κ2) is 21.1. The van der Waals surface area contributed by atoms with Crippen molar-refractivity contribution in [2.75, 3.05) is 39.0 Å². The Bertz CT molecular complexity index is 1920. The van der Waals surface area contributed by atoms with Crippen LogP contribution in [0.3, 0.4) is 0 Å². The SMILES string of the molecule is COc1cc2cc(c1Cl)N(C)C(=O)C[C@H](OC(=O)[C@H](C)N(C)C(=O)CCC(C)(C)SCC(=O)CCCC(C)(C)C)[C@]1(C)O[C@H]1[C@H](C)[C@@H]1C[C@@](O)(NC(=O)O1)[C@H](OC)/C=C/C=C(\C)C2. The zero-order chi connectivity index (χ0) is 47.2. The maximum absolute atomic E-state index is 14.3. The van der Waals surface area contributed by atoms with Gasteiger partial charge in [0.2, 0.25) is 11.8 Å². The molecule has 3 heterocycles. The molecule has 0 spiro atoms. The van der Waals surface area contributed by atoms with E-state index in [1.807, 2.05) is 26.8 Å². The smallest absolute Gasteiger partial charge is 0.409 e. The predicted molar refractivity (Wildman–Crippen MR) is 245 cm³/mol. The maximum Gasteiger partial charge on any atom is 0.409 e. The largest absolute Gasteiger partial charge is 0.495 e. The zero-order valence-corrected chi connectivity index (χ0v) is 41.0. The van der Waals surface area contributed by atoms with Crippen LogP contribution in [-0.4, -0.2) is 120 Å². The summed E-state index contributed by atoms with van der Waals surface area (Å²) in [5.41, 5.74) is -0.819. The third kappa shape index (κ3) is 13.7. The molecule has 2 fully saturated rings. The molecule has 63 heavy (non-hydrogen) atoms. The number of ketones is 1. The molecule has 16 heteroatoms. The van der Waals surface area contributed by atoms with Crippen LogP contribution in [0.1, 0.15) is 113 Å². The highest BCUT2D eigenvalue weighted by molar-refractivity contribution is 8.01. The number of fused-ring (bicyclic) bond motifs is 5. The first-order valence-electron chi connectivity index (χ1n) is 21.7. The molecule has 0 radical (unpaired) electrons. The lowest BCUT2D eigenvalue weighted by Crippen LogP contribution is -2.63. The number of alkyl carbamates (subject to hydrolysis) is 1. The number of thioether (sulfide) groups is 1. The second-order valence-corrected chi connectivity index (χ2v) is 21.5. The van der Waals surface area contributed by atoms with Crippen molar-refractivity contribution >= 4 is 58.7 Å². The zero-order valence-electron chi connectivity index (χ0n) is 39.4. The number of halogens is 1. The van der Waals surface area contributed by atoms with Crippen LogP contribution in [0.25, 0.3) is 0 Å². The third-order valence-electron chi connectivity index (χ3n) is 12.5. The van der Waals surface area contributed by atoms with Gasteiger partial charge in [0, 0.05) is 51.1 Å². The van der Waals surface area contributed by atoms with Crippen molar-refractivity contribution in [1.29, 1.82) is 0 Å². The average molecular weight is 921 g/mol. The van der Waals surface area contributed by atoms with Gasteiger partial charge in [0.25, 0.3) is 0 Å². The minimum atomic E-state index is -1.84. The molecule has 14 nitrogen and oxygen atoms in total. The number of ether oxygens (including phenoxy) is 5. The number of nitrogens with one attached hydrogen (secondary N) is 1. The van der Waals surface area contributed by atoms with E-state index in [2.05, 4.69) is 26.1 Å². The fourth-order valence-corrected chi connectivity index (χ4v) is 9.29. The maximum atomic E-state index is 14.3. The Labute approximate surface area is 383 Å². The predicted octanol–water partition coefficient (Wildman–Crippen LogP) is 7.59. The molecule has 3 amide bonds. The first-order valence-corrected chi connectivity index (χ1v) is 23.1. The minimum absolute atomic E-state index is 0.0648. The Balaban J connectivity index is 1.58. The lowest BCUT2D eigenvalue weighted by Gasteiger charge is -2.42. The second-order valence-electron chi connectivity index (χ2n) is 19.4. The Morgan fingerprint density at radius 1 is 1.13 bits per heavy atom. The number of esters is 1. The Morgan fingerprint density at radius 3 is 2.44 bits per heavy atom. The minimum Gasteiger partial charge on any atom is -0.495 e. The number of methoxy groups -OCH3 is 2. The number of benzene rings is 1. The average Bonchev–Trinajstić information content (AvgIpc) is 3.90. The Hall–Kier alpha value is -3.63. The summed E-state index contributed by atoms with van der Waals surface area (Å²) >= 11 is 8.34. The lowest BCUT2D eigenvalue weighted by atomic mass is 9.83. The van der Waals surface area contributed by atoms with Crippen LogP contribution in [0.2, 0.25) is 5.02 Å². The van der Waals surface area contributed by atoms with Gasteiger partial charge in [-0.15, -0.1) is 11.8 Å². The molecule has 4 bridgehead atoms. The molecule has 1 aromatic rings. The highest BCUT2D eigenvalue weighted by Crippen LogP contribution is 2.49. The lowest BCUT2D eigenvalue weighted by molar-refractivity contribution is -0.162. The molecule has 3 aliphatic rings. The van der Waals surface area contributed by atoms with Crippen molar-refractivity contribution in [3.05, 3.63) is 46.5 Å². The molecule has 2 N–H and O–H groups in total. The van der Waals surface area contributed by atoms with Crippen LogP contribution in [0, 0.1) is 11.3 Å². The number of likely N-dealkylation sites (N-methyl/N-ethyl adjacent to an activating group) is 1. The van der Waals surface area contributed by atoms with Crippen molar-refractivity contribution in [2.24, 2.45) is 11.3 Å². The van der Waals surface area contributed by atoms with Crippen LogP contribution in [-0.2, 0) is 44.5 Å². The monoisotopic (exact) mass is 919 g/mol. The number of Topliss-reactive ketones (excluding diaryl/α,β-unsaturated/α-hetero) is 1. The molecule has 352 valence electrons. The van der Waals surface area contributed by atoms with E-state index in [0.29, 0.717) is 36.5 Å². The van der Waals surface area contributed by atoms with Gasteiger partial charge >= 0.3 is 12.1 Å². The Kier molecular flexibility index (Phi) is 17.4. The van der Waals surface area contributed by atoms with E-state index in [0.717, 1.165) is 24.0 Å². The summed E-state index contributed by atoms with van der Waals surface area (Å²) in [6.45, 7) is 17.5. The number of amides is 3. The first-order chi connectivity index (χ1) is 29.2. The molecule has 2 saturated heterocycles. The van der Waals surface area contributed by atoms with Gasteiger partial charge in [0.15, 0.2) is 5.72 Å². The number of allylic oxidation sites excluding steroid dienone is 3. The quantitative estimate of drug-likeness (QED) is 0.139. The normalized spacial score (nSPS) is 28.7. The van der Waals surface area contributed by atoms with E-state index in [9.17, 15) is 29.1 Å². The van der Waals surface area contributed by atoms with Crippen molar-refractivity contribution in [3.8, 4) is 5.75 Å². The molecule has 4 rings (SSSR count). The van der Waals surface area contributed by atoms with Crippen molar-refractivity contribution in [3.63, 3.8) is 0 Å². The van der Waals surface area contributed by atoms with Crippen LogP contribution >= 0.6 is 23.4 Å². The van der Waals surface area contributed by atoms with E-state index in [4.69, 9.17) is 35.3 Å². The van der Waals surface area contributed by atoms with Gasteiger partial charge in [0.1, 0.15) is 46.5 Å². The topological polar surface area (TPSA) is 174 Å². The molecule has 3 aliphatic heterocycles. The molecule has 0 unspecified atom stereocenters. The summed E-state index contributed by atoms with van der Waals surface area (Å²) in [6, 6.07) is 2.55. The van der Waals surface area contributed by atoms with Gasteiger partial charge < -0.3 is 38.6 Å². The van der Waals surface area contributed by atoms with E-state index >= 15 is 0 Å². The molecular formula is C47H70ClN3O11S. The van der Waals surface area contributed by atoms with Gasteiger partial charge in [-0.05, 0) is 69.6 Å². The number of rotatable bonds is 14.